The summed E-state index contributed by atoms with van der Waals surface area (Å²) in [5.74, 6) is -0.574. The quantitative estimate of drug-likeness (QED) is 0.489. The van der Waals surface area contributed by atoms with Crippen molar-refractivity contribution >= 4 is 5.78 Å². The van der Waals surface area contributed by atoms with E-state index in [1.807, 2.05) is 6.07 Å². The number of ether oxygens (including phenoxy) is 1. The standard InChI is InChI=1S/C20H16O5/c21-16-8-6-13(10-18(16)23)12-25-19-11-15(7-9-17(19)22)20(24)14-4-2-1-3-5-14/h1-11,21-23H,12H2. The van der Waals surface area contributed by atoms with Crippen molar-refractivity contribution in [3.8, 4) is 23.0 Å². The van der Waals surface area contributed by atoms with Crippen LogP contribution in [-0.2, 0) is 6.61 Å². The van der Waals surface area contributed by atoms with Crippen molar-refractivity contribution in [1.82, 2.24) is 0 Å². The number of phenols is 3. The molecule has 0 saturated carbocycles. The first-order valence-electron chi connectivity index (χ1n) is 7.61. The molecule has 0 saturated heterocycles. The largest absolute Gasteiger partial charge is 0.504 e. The Kier molecular flexibility index (Phi) is 4.57. The highest BCUT2D eigenvalue weighted by Gasteiger charge is 2.12. The van der Waals surface area contributed by atoms with E-state index in [0.29, 0.717) is 16.7 Å². The second kappa shape index (κ2) is 6.97. The van der Waals surface area contributed by atoms with Crippen LogP contribution in [0.4, 0.5) is 0 Å². The lowest BCUT2D eigenvalue weighted by atomic mass is 10.0. The molecule has 0 atom stereocenters. The van der Waals surface area contributed by atoms with Gasteiger partial charge in [0, 0.05) is 11.1 Å². The summed E-state index contributed by atoms with van der Waals surface area (Å²) < 4.78 is 5.55. The molecular formula is C20H16O5. The molecule has 0 aliphatic heterocycles. The fraction of sp³-hybridized carbons (Fsp3) is 0.0500. The Morgan fingerprint density at radius 3 is 2.20 bits per heavy atom. The van der Waals surface area contributed by atoms with Crippen LogP contribution in [0.15, 0.2) is 66.7 Å². The molecule has 3 aromatic carbocycles. The second-order valence-electron chi connectivity index (χ2n) is 5.49. The molecule has 0 aliphatic rings. The van der Waals surface area contributed by atoms with Gasteiger partial charge in [-0.25, -0.2) is 0 Å². The van der Waals surface area contributed by atoms with Gasteiger partial charge in [-0.1, -0.05) is 36.4 Å². The molecule has 5 heteroatoms. The fourth-order valence-corrected chi connectivity index (χ4v) is 2.35. The van der Waals surface area contributed by atoms with Gasteiger partial charge in [0.25, 0.3) is 0 Å². The molecule has 3 aromatic rings. The molecule has 0 radical (unpaired) electrons. The van der Waals surface area contributed by atoms with Crippen LogP contribution in [0, 0.1) is 0 Å². The summed E-state index contributed by atoms with van der Waals surface area (Å²) in [6.07, 6.45) is 0. The number of carbonyl (C=O) groups excluding carboxylic acids is 1. The topological polar surface area (TPSA) is 87.0 Å². The van der Waals surface area contributed by atoms with Crippen molar-refractivity contribution in [2.45, 2.75) is 6.61 Å². The van der Waals surface area contributed by atoms with Gasteiger partial charge in [-0.15, -0.1) is 0 Å². The van der Waals surface area contributed by atoms with E-state index < -0.39 is 0 Å². The summed E-state index contributed by atoms with van der Waals surface area (Å²) in [5, 5.41) is 28.7. The van der Waals surface area contributed by atoms with Gasteiger partial charge in [-0.3, -0.25) is 4.79 Å². The average molecular weight is 336 g/mol. The molecule has 0 aromatic heterocycles. The molecule has 0 fully saturated rings. The first-order chi connectivity index (χ1) is 12.0. The lowest BCUT2D eigenvalue weighted by Gasteiger charge is -2.10. The monoisotopic (exact) mass is 336 g/mol. The van der Waals surface area contributed by atoms with Gasteiger partial charge in [-0.05, 0) is 35.9 Å². The summed E-state index contributed by atoms with van der Waals surface area (Å²) in [5.41, 5.74) is 1.55. The van der Waals surface area contributed by atoms with E-state index in [4.69, 9.17) is 4.74 Å². The highest BCUT2D eigenvalue weighted by Crippen LogP contribution is 2.30. The summed E-state index contributed by atoms with van der Waals surface area (Å²) in [4.78, 5) is 12.5. The van der Waals surface area contributed by atoms with Gasteiger partial charge in [0.05, 0.1) is 0 Å². The van der Waals surface area contributed by atoms with E-state index in [2.05, 4.69) is 0 Å². The molecular weight excluding hydrogens is 320 g/mol. The summed E-state index contributed by atoms with van der Waals surface area (Å²) >= 11 is 0. The lowest BCUT2D eigenvalue weighted by molar-refractivity contribution is 0.103. The Bertz CT molecular complexity index is 903. The van der Waals surface area contributed by atoms with Gasteiger partial charge >= 0.3 is 0 Å². The van der Waals surface area contributed by atoms with Gasteiger partial charge in [0.15, 0.2) is 28.8 Å². The van der Waals surface area contributed by atoms with Crippen LogP contribution < -0.4 is 4.74 Å². The third-order valence-electron chi connectivity index (χ3n) is 3.69. The van der Waals surface area contributed by atoms with E-state index in [9.17, 15) is 20.1 Å². The van der Waals surface area contributed by atoms with E-state index in [1.165, 1.54) is 30.3 Å². The van der Waals surface area contributed by atoms with Crippen molar-refractivity contribution in [2.75, 3.05) is 0 Å². The maximum absolute atomic E-state index is 12.5. The number of aromatic hydroxyl groups is 3. The lowest BCUT2D eigenvalue weighted by Crippen LogP contribution is -2.02. The summed E-state index contributed by atoms with van der Waals surface area (Å²) in [6.45, 7) is 0.0599. The van der Waals surface area contributed by atoms with E-state index in [-0.39, 0.29) is 35.4 Å². The Morgan fingerprint density at radius 1 is 0.760 bits per heavy atom. The van der Waals surface area contributed by atoms with Crippen LogP contribution in [0.2, 0.25) is 0 Å². The van der Waals surface area contributed by atoms with Crippen molar-refractivity contribution < 1.29 is 24.9 Å². The van der Waals surface area contributed by atoms with E-state index in [0.717, 1.165) is 0 Å². The molecule has 25 heavy (non-hydrogen) atoms. The van der Waals surface area contributed by atoms with Gasteiger partial charge in [0.1, 0.15) is 6.61 Å². The molecule has 0 amide bonds. The van der Waals surface area contributed by atoms with Gasteiger partial charge in [-0.2, -0.15) is 0 Å². The molecule has 3 N–H and O–H groups in total. The van der Waals surface area contributed by atoms with Crippen LogP contribution in [0.5, 0.6) is 23.0 Å². The normalized spacial score (nSPS) is 10.4. The highest BCUT2D eigenvalue weighted by molar-refractivity contribution is 6.09. The van der Waals surface area contributed by atoms with Crippen LogP contribution >= 0.6 is 0 Å². The predicted octanol–water partition coefficient (Wildman–Crippen LogP) is 3.61. The zero-order valence-corrected chi connectivity index (χ0v) is 13.2. The Morgan fingerprint density at radius 2 is 1.48 bits per heavy atom. The molecule has 0 unspecified atom stereocenters. The summed E-state index contributed by atoms with van der Waals surface area (Å²) in [6, 6.07) is 17.5. The molecule has 126 valence electrons. The molecule has 0 aliphatic carbocycles. The molecule has 0 heterocycles. The Labute approximate surface area is 144 Å². The smallest absolute Gasteiger partial charge is 0.193 e. The van der Waals surface area contributed by atoms with E-state index >= 15 is 0 Å². The van der Waals surface area contributed by atoms with Crippen molar-refractivity contribution in [3.05, 3.63) is 83.4 Å². The minimum absolute atomic E-state index is 0.0599. The molecule has 0 spiro atoms. The number of rotatable bonds is 5. The molecule has 5 nitrogen and oxygen atoms in total. The van der Waals surface area contributed by atoms with Crippen molar-refractivity contribution in [2.24, 2.45) is 0 Å². The van der Waals surface area contributed by atoms with Gasteiger partial charge < -0.3 is 20.1 Å². The van der Waals surface area contributed by atoms with E-state index in [1.54, 1.807) is 30.3 Å². The van der Waals surface area contributed by atoms with Crippen LogP contribution in [0.25, 0.3) is 0 Å². The second-order valence-corrected chi connectivity index (χ2v) is 5.49. The first-order valence-corrected chi connectivity index (χ1v) is 7.61. The maximum atomic E-state index is 12.5. The average Bonchev–Trinajstić information content (AvgIpc) is 2.64. The third kappa shape index (κ3) is 3.72. The van der Waals surface area contributed by atoms with Crippen LogP contribution in [0.1, 0.15) is 21.5 Å². The molecule has 0 bridgehead atoms. The Balaban J connectivity index is 1.80. The maximum Gasteiger partial charge on any atom is 0.193 e. The highest BCUT2D eigenvalue weighted by atomic mass is 16.5. The summed E-state index contributed by atoms with van der Waals surface area (Å²) in [7, 11) is 0. The van der Waals surface area contributed by atoms with Crippen LogP contribution in [0.3, 0.4) is 0 Å². The number of ketones is 1. The first kappa shape index (κ1) is 16.4. The SMILES string of the molecule is O=C(c1ccccc1)c1ccc(O)c(OCc2ccc(O)c(O)c2)c1. The van der Waals surface area contributed by atoms with Gasteiger partial charge in [0.2, 0.25) is 0 Å². The predicted molar refractivity (Wildman–Crippen MR) is 92.1 cm³/mol. The zero-order valence-electron chi connectivity index (χ0n) is 13.2. The van der Waals surface area contributed by atoms with Crippen LogP contribution in [-0.4, -0.2) is 21.1 Å². The minimum Gasteiger partial charge on any atom is -0.504 e. The van der Waals surface area contributed by atoms with Crippen molar-refractivity contribution in [3.63, 3.8) is 0 Å². The number of phenolic OH excluding ortho intramolecular Hbond substituents is 3. The number of carbonyl (C=O) groups is 1. The number of benzene rings is 3. The zero-order chi connectivity index (χ0) is 17.8. The minimum atomic E-state index is -0.252. The molecule has 3 rings (SSSR count). The Hall–Kier alpha value is -3.47. The number of hydrogen-bond acceptors (Lipinski definition) is 5. The van der Waals surface area contributed by atoms with Crippen molar-refractivity contribution in [1.29, 1.82) is 0 Å². The number of hydrogen-bond donors (Lipinski definition) is 3. The third-order valence-corrected chi connectivity index (χ3v) is 3.69. The fourth-order valence-electron chi connectivity index (χ4n) is 2.35.